The summed E-state index contributed by atoms with van der Waals surface area (Å²) in [5, 5.41) is 0. The number of rotatable bonds is 5. The summed E-state index contributed by atoms with van der Waals surface area (Å²) in [6, 6.07) is 21.4. The third-order valence-electron chi connectivity index (χ3n) is 6.02. The van der Waals surface area contributed by atoms with Gasteiger partial charge in [-0.1, -0.05) is 48.5 Å². The number of carbonyl (C=O) groups is 2. The first-order valence-electron chi connectivity index (χ1n) is 10.2. The maximum Gasteiger partial charge on any atom is 0.253 e. The van der Waals surface area contributed by atoms with Gasteiger partial charge in [0.2, 0.25) is 5.91 Å². The Labute approximate surface area is 176 Å². The molecule has 2 N–H and O–H groups in total. The molecule has 1 aliphatic heterocycles. The SMILES string of the molecule is NC(=O)C1(Cc2cccc(-c3cccnc3)c2)CCN(C(=O)c2ccccc2)CC1. The minimum Gasteiger partial charge on any atom is -0.369 e. The number of benzene rings is 2. The summed E-state index contributed by atoms with van der Waals surface area (Å²) in [6.45, 7) is 1.05. The molecule has 2 aromatic carbocycles. The van der Waals surface area contributed by atoms with Crippen LogP contribution >= 0.6 is 0 Å². The maximum atomic E-state index is 12.7. The van der Waals surface area contributed by atoms with Crippen LogP contribution in [-0.4, -0.2) is 34.8 Å². The van der Waals surface area contributed by atoms with Gasteiger partial charge >= 0.3 is 0 Å². The summed E-state index contributed by atoms with van der Waals surface area (Å²) in [6.07, 6.45) is 5.29. The minimum atomic E-state index is -0.638. The Balaban J connectivity index is 1.50. The van der Waals surface area contributed by atoms with Gasteiger partial charge in [-0.05, 0) is 54.2 Å². The number of carbonyl (C=O) groups excluding carboxylic acids is 2. The van der Waals surface area contributed by atoms with E-state index in [-0.39, 0.29) is 11.8 Å². The van der Waals surface area contributed by atoms with E-state index in [1.165, 1.54) is 0 Å². The van der Waals surface area contributed by atoms with Crippen molar-refractivity contribution in [2.24, 2.45) is 11.1 Å². The highest BCUT2D eigenvalue weighted by Crippen LogP contribution is 2.36. The first-order valence-corrected chi connectivity index (χ1v) is 10.2. The smallest absolute Gasteiger partial charge is 0.253 e. The summed E-state index contributed by atoms with van der Waals surface area (Å²) in [5.74, 6) is -0.284. The molecule has 30 heavy (non-hydrogen) atoms. The van der Waals surface area contributed by atoms with Crippen LogP contribution in [0.4, 0.5) is 0 Å². The van der Waals surface area contributed by atoms with Crippen LogP contribution in [0.1, 0.15) is 28.8 Å². The Morgan fingerprint density at radius 2 is 1.67 bits per heavy atom. The van der Waals surface area contributed by atoms with Gasteiger partial charge in [-0.3, -0.25) is 14.6 Å². The van der Waals surface area contributed by atoms with Gasteiger partial charge in [0.15, 0.2) is 0 Å². The molecule has 0 aliphatic carbocycles. The van der Waals surface area contributed by atoms with Gasteiger partial charge < -0.3 is 10.6 Å². The molecule has 152 valence electrons. The van der Waals surface area contributed by atoms with Crippen molar-refractivity contribution < 1.29 is 9.59 Å². The molecule has 3 aromatic rings. The Morgan fingerprint density at radius 3 is 2.33 bits per heavy atom. The summed E-state index contributed by atoms with van der Waals surface area (Å²) < 4.78 is 0. The van der Waals surface area contributed by atoms with E-state index in [0.717, 1.165) is 16.7 Å². The Hall–Kier alpha value is -3.47. The van der Waals surface area contributed by atoms with Gasteiger partial charge in [0.25, 0.3) is 5.91 Å². The number of aromatic nitrogens is 1. The second-order valence-corrected chi connectivity index (χ2v) is 7.92. The third-order valence-corrected chi connectivity index (χ3v) is 6.02. The first kappa shape index (κ1) is 19.8. The highest BCUT2D eigenvalue weighted by Gasteiger charge is 2.41. The molecule has 5 heteroatoms. The van der Waals surface area contributed by atoms with E-state index < -0.39 is 5.41 Å². The molecule has 0 bridgehead atoms. The van der Waals surface area contributed by atoms with Crippen LogP contribution in [0.15, 0.2) is 79.1 Å². The van der Waals surface area contributed by atoms with Gasteiger partial charge in [-0.2, -0.15) is 0 Å². The topological polar surface area (TPSA) is 76.3 Å². The van der Waals surface area contributed by atoms with Crippen molar-refractivity contribution in [1.29, 1.82) is 0 Å². The van der Waals surface area contributed by atoms with Crippen LogP contribution in [0.2, 0.25) is 0 Å². The largest absolute Gasteiger partial charge is 0.369 e. The number of primary amides is 1. The summed E-state index contributed by atoms with van der Waals surface area (Å²) >= 11 is 0. The van der Waals surface area contributed by atoms with Crippen molar-refractivity contribution in [2.75, 3.05) is 13.1 Å². The zero-order valence-corrected chi connectivity index (χ0v) is 16.8. The standard InChI is InChI=1S/C25H25N3O2/c26-24(30)25(11-14-28(15-12-25)23(29)20-7-2-1-3-8-20)17-19-6-4-9-21(16-19)22-10-5-13-27-18-22/h1-10,13,16,18H,11-12,14-15,17H2,(H2,26,30). The maximum absolute atomic E-state index is 12.7. The predicted molar refractivity (Wildman–Crippen MR) is 117 cm³/mol. The van der Waals surface area contributed by atoms with Crippen LogP contribution in [0.3, 0.4) is 0 Å². The first-order chi connectivity index (χ1) is 14.6. The fourth-order valence-corrected chi connectivity index (χ4v) is 4.20. The van der Waals surface area contributed by atoms with E-state index >= 15 is 0 Å². The van der Waals surface area contributed by atoms with Crippen molar-refractivity contribution in [1.82, 2.24) is 9.88 Å². The van der Waals surface area contributed by atoms with E-state index in [0.29, 0.717) is 37.9 Å². The lowest BCUT2D eigenvalue weighted by Crippen LogP contribution is -2.49. The predicted octanol–water partition coefficient (Wildman–Crippen LogP) is 3.70. The lowest BCUT2D eigenvalue weighted by molar-refractivity contribution is -0.130. The lowest BCUT2D eigenvalue weighted by Gasteiger charge is -2.40. The monoisotopic (exact) mass is 399 g/mol. The molecular weight excluding hydrogens is 374 g/mol. The number of pyridine rings is 1. The average molecular weight is 399 g/mol. The van der Waals surface area contributed by atoms with Gasteiger partial charge in [-0.25, -0.2) is 0 Å². The minimum absolute atomic E-state index is 0.00671. The number of amides is 2. The van der Waals surface area contributed by atoms with Crippen LogP contribution in [-0.2, 0) is 11.2 Å². The number of nitrogens with two attached hydrogens (primary N) is 1. The van der Waals surface area contributed by atoms with E-state index in [4.69, 9.17) is 5.73 Å². The van der Waals surface area contributed by atoms with E-state index in [2.05, 4.69) is 11.1 Å². The van der Waals surface area contributed by atoms with Crippen molar-refractivity contribution in [2.45, 2.75) is 19.3 Å². The summed E-state index contributed by atoms with van der Waals surface area (Å²) in [7, 11) is 0. The van der Waals surface area contributed by atoms with Crippen LogP contribution in [0.25, 0.3) is 11.1 Å². The van der Waals surface area contributed by atoms with Gasteiger partial charge in [0, 0.05) is 31.0 Å². The molecule has 1 fully saturated rings. The fraction of sp³-hybridized carbons (Fsp3) is 0.240. The number of piperidine rings is 1. The van der Waals surface area contributed by atoms with Crippen molar-refractivity contribution in [3.05, 3.63) is 90.3 Å². The Bertz CT molecular complexity index is 1030. The van der Waals surface area contributed by atoms with Crippen LogP contribution in [0, 0.1) is 5.41 Å². The molecule has 5 nitrogen and oxygen atoms in total. The van der Waals surface area contributed by atoms with E-state index in [1.807, 2.05) is 71.8 Å². The lowest BCUT2D eigenvalue weighted by atomic mass is 9.73. The van der Waals surface area contributed by atoms with Gasteiger partial charge in [-0.15, -0.1) is 0 Å². The summed E-state index contributed by atoms with van der Waals surface area (Å²) in [5.41, 5.74) is 9.09. The molecule has 2 heterocycles. The molecule has 0 saturated carbocycles. The average Bonchev–Trinajstić information content (AvgIpc) is 2.80. The third kappa shape index (κ3) is 4.10. The normalized spacial score (nSPS) is 15.5. The van der Waals surface area contributed by atoms with E-state index in [9.17, 15) is 9.59 Å². The second kappa shape index (κ2) is 8.49. The quantitative estimate of drug-likeness (QED) is 0.711. The highest BCUT2D eigenvalue weighted by atomic mass is 16.2. The molecular formula is C25H25N3O2. The summed E-state index contributed by atoms with van der Waals surface area (Å²) in [4.78, 5) is 31.2. The molecule has 0 radical (unpaired) electrons. The molecule has 4 rings (SSSR count). The molecule has 0 unspecified atom stereocenters. The highest BCUT2D eigenvalue weighted by molar-refractivity contribution is 5.94. The number of nitrogens with zero attached hydrogens (tertiary/aromatic N) is 2. The second-order valence-electron chi connectivity index (χ2n) is 7.92. The number of hydrogen-bond acceptors (Lipinski definition) is 3. The molecule has 1 aliphatic rings. The zero-order valence-electron chi connectivity index (χ0n) is 16.8. The van der Waals surface area contributed by atoms with Crippen LogP contribution < -0.4 is 5.73 Å². The van der Waals surface area contributed by atoms with Crippen LogP contribution in [0.5, 0.6) is 0 Å². The zero-order chi connectivity index (χ0) is 21.0. The number of likely N-dealkylation sites (tertiary alicyclic amines) is 1. The van der Waals surface area contributed by atoms with Crippen molar-refractivity contribution in [3.8, 4) is 11.1 Å². The molecule has 1 saturated heterocycles. The molecule has 0 atom stereocenters. The van der Waals surface area contributed by atoms with E-state index in [1.54, 1.807) is 6.20 Å². The Kier molecular flexibility index (Phi) is 5.61. The fourth-order valence-electron chi connectivity index (χ4n) is 4.20. The van der Waals surface area contributed by atoms with Gasteiger partial charge in [0.05, 0.1) is 5.41 Å². The molecule has 1 aromatic heterocycles. The van der Waals surface area contributed by atoms with Gasteiger partial charge in [0.1, 0.15) is 0 Å². The molecule has 2 amide bonds. The number of hydrogen-bond donors (Lipinski definition) is 1. The Morgan fingerprint density at radius 1 is 0.933 bits per heavy atom. The van der Waals surface area contributed by atoms with Crippen molar-refractivity contribution in [3.63, 3.8) is 0 Å². The molecule has 0 spiro atoms. The van der Waals surface area contributed by atoms with Crippen molar-refractivity contribution >= 4 is 11.8 Å².